The van der Waals surface area contributed by atoms with Gasteiger partial charge in [0.2, 0.25) is 0 Å². The Morgan fingerprint density at radius 3 is 2.39 bits per heavy atom. The topological polar surface area (TPSA) is 28.2 Å². The number of nitrogens with one attached hydrogen (secondary N) is 1. The summed E-state index contributed by atoms with van der Waals surface area (Å²) in [6.07, 6.45) is -1.89. The molecule has 0 saturated carbocycles. The predicted molar refractivity (Wildman–Crippen MR) is 114 cm³/mol. The smallest absolute Gasteiger partial charge is 0.372 e. The average molecular weight is 470 g/mol. The Hall–Kier alpha value is -2.06. The van der Waals surface area contributed by atoms with Crippen molar-refractivity contribution in [3.05, 3.63) is 59.5 Å². The lowest BCUT2D eigenvalue weighted by atomic mass is 10.1. The number of halogens is 4. The number of benzene rings is 2. The van der Waals surface area contributed by atoms with Crippen molar-refractivity contribution in [2.24, 2.45) is 0 Å². The van der Waals surface area contributed by atoms with E-state index in [1.807, 2.05) is 17.5 Å². The van der Waals surface area contributed by atoms with Gasteiger partial charge in [-0.05, 0) is 43.2 Å². The van der Waals surface area contributed by atoms with E-state index in [4.69, 9.17) is 0 Å². The molecule has 0 radical (unpaired) electrons. The molecule has 3 aromatic rings. The van der Waals surface area contributed by atoms with Crippen molar-refractivity contribution in [3.8, 4) is 11.3 Å². The van der Waals surface area contributed by atoms with Gasteiger partial charge in [-0.2, -0.15) is 13.2 Å². The lowest BCUT2D eigenvalue weighted by Crippen LogP contribution is -2.17. The van der Waals surface area contributed by atoms with E-state index in [0.29, 0.717) is 10.8 Å². The number of aromatic nitrogens is 1. The Labute approximate surface area is 176 Å². The molecule has 3 nitrogen and oxygen atoms in total. The lowest BCUT2D eigenvalue weighted by Gasteiger charge is -2.17. The van der Waals surface area contributed by atoms with Crippen LogP contribution >= 0.6 is 28.3 Å². The quantitative estimate of drug-likeness (QED) is 0.457. The van der Waals surface area contributed by atoms with Gasteiger partial charge in [-0.3, -0.25) is 0 Å². The molecule has 28 heavy (non-hydrogen) atoms. The molecular weight excluding hydrogens is 451 g/mol. The fourth-order valence-corrected chi connectivity index (χ4v) is 3.92. The van der Waals surface area contributed by atoms with Gasteiger partial charge in [0.25, 0.3) is 0 Å². The minimum Gasteiger partial charge on any atom is -0.372 e. The zero-order valence-corrected chi connectivity index (χ0v) is 17.4. The first-order chi connectivity index (χ1) is 13.0. The summed E-state index contributed by atoms with van der Waals surface area (Å²) in [5.74, 6) is 0. The second kappa shape index (κ2) is 8.53. The molecular formula is C20H19BrF3N3S. The van der Waals surface area contributed by atoms with Crippen molar-refractivity contribution < 1.29 is 13.2 Å². The molecule has 0 bridgehead atoms. The molecule has 4 rings (SSSR count). The number of rotatable bonds is 4. The Morgan fingerprint density at radius 2 is 1.71 bits per heavy atom. The van der Waals surface area contributed by atoms with Crippen LogP contribution < -0.4 is 10.2 Å². The summed E-state index contributed by atoms with van der Waals surface area (Å²) in [6.45, 7) is 2.20. The van der Waals surface area contributed by atoms with Gasteiger partial charge >= 0.3 is 6.18 Å². The van der Waals surface area contributed by atoms with E-state index in [1.165, 1.54) is 35.9 Å². The largest absolute Gasteiger partial charge is 0.416 e. The molecule has 1 fully saturated rings. The maximum atomic E-state index is 12.8. The van der Waals surface area contributed by atoms with Gasteiger partial charge in [-0.15, -0.1) is 28.3 Å². The molecule has 2 aromatic carbocycles. The third-order valence-electron chi connectivity index (χ3n) is 4.58. The monoisotopic (exact) mass is 469 g/mol. The highest BCUT2D eigenvalue weighted by Crippen LogP contribution is 2.33. The maximum absolute atomic E-state index is 12.8. The maximum Gasteiger partial charge on any atom is 0.416 e. The Morgan fingerprint density at radius 1 is 1.00 bits per heavy atom. The average Bonchev–Trinajstić information content (AvgIpc) is 3.33. The number of thiazole rings is 1. The van der Waals surface area contributed by atoms with Crippen molar-refractivity contribution in [1.29, 1.82) is 0 Å². The molecule has 1 N–H and O–H groups in total. The van der Waals surface area contributed by atoms with Crippen molar-refractivity contribution >= 4 is 44.8 Å². The molecule has 1 aromatic heterocycles. The van der Waals surface area contributed by atoms with E-state index < -0.39 is 11.7 Å². The second-order valence-corrected chi connectivity index (χ2v) is 7.34. The van der Waals surface area contributed by atoms with Crippen LogP contribution in [0.3, 0.4) is 0 Å². The van der Waals surface area contributed by atoms with Gasteiger partial charge in [-0.1, -0.05) is 18.2 Å². The molecule has 0 unspecified atom stereocenters. The third-order valence-corrected chi connectivity index (χ3v) is 5.34. The molecule has 0 spiro atoms. The van der Waals surface area contributed by atoms with Gasteiger partial charge in [0.1, 0.15) is 0 Å². The molecule has 8 heteroatoms. The highest BCUT2D eigenvalue weighted by atomic mass is 79.9. The molecule has 0 amide bonds. The molecule has 1 saturated heterocycles. The van der Waals surface area contributed by atoms with E-state index in [-0.39, 0.29) is 17.0 Å². The second-order valence-electron chi connectivity index (χ2n) is 6.48. The van der Waals surface area contributed by atoms with Crippen molar-refractivity contribution in [2.75, 3.05) is 23.3 Å². The summed E-state index contributed by atoms with van der Waals surface area (Å²) in [4.78, 5) is 6.87. The molecule has 2 heterocycles. The molecule has 1 aliphatic heterocycles. The van der Waals surface area contributed by atoms with Crippen LogP contribution in [-0.4, -0.2) is 18.1 Å². The predicted octanol–water partition coefficient (Wildman–Crippen LogP) is 6.75. The van der Waals surface area contributed by atoms with Crippen LogP contribution in [0.4, 0.5) is 29.7 Å². The normalized spacial score (nSPS) is 14.0. The van der Waals surface area contributed by atoms with E-state index in [9.17, 15) is 13.2 Å². The van der Waals surface area contributed by atoms with E-state index >= 15 is 0 Å². The van der Waals surface area contributed by atoms with E-state index in [2.05, 4.69) is 27.3 Å². The molecule has 148 valence electrons. The summed E-state index contributed by atoms with van der Waals surface area (Å²) in [5, 5.41) is 5.43. The van der Waals surface area contributed by atoms with Crippen LogP contribution in [0.2, 0.25) is 0 Å². The van der Waals surface area contributed by atoms with Crippen molar-refractivity contribution in [2.45, 2.75) is 19.0 Å². The first kappa shape index (κ1) is 20.7. The fourth-order valence-electron chi connectivity index (χ4n) is 3.18. The van der Waals surface area contributed by atoms with Gasteiger partial charge in [0, 0.05) is 35.4 Å². The van der Waals surface area contributed by atoms with Crippen molar-refractivity contribution in [1.82, 2.24) is 4.98 Å². The Kier molecular flexibility index (Phi) is 6.30. The zero-order valence-electron chi connectivity index (χ0n) is 14.9. The molecule has 0 aliphatic carbocycles. The lowest BCUT2D eigenvalue weighted by molar-refractivity contribution is -0.137. The molecule has 0 atom stereocenters. The van der Waals surface area contributed by atoms with E-state index in [0.717, 1.165) is 36.5 Å². The minimum atomic E-state index is -4.36. The minimum absolute atomic E-state index is 0. The van der Waals surface area contributed by atoms with Crippen LogP contribution in [0.15, 0.2) is 53.9 Å². The number of anilines is 3. The summed E-state index contributed by atoms with van der Waals surface area (Å²) in [5.41, 5.74) is 2.71. The first-order valence-corrected chi connectivity index (χ1v) is 9.62. The first-order valence-electron chi connectivity index (χ1n) is 8.74. The summed E-state index contributed by atoms with van der Waals surface area (Å²) in [6, 6.07) is 13.4. The van der Waals surface area contributed by atoms with Crippen LogP contribution in [0, 0.1) is 0 Å². The van der Waals surface area contributed by atoms with Crippen LogP contribution in [0.5, 0.6) is 0 Å². The SMILES string of the molecule is Br.FC(F)(F)c1cccc(Nc2nc(-c3ccc(N4CCCC4)cc3)cs2)c1. The van der Waals surface area contributed by atoms with Gasteiger partial charge in [0.05, 0.1) is 11.3 Å². The summed E-state index contributed by atoms with van der Waals surface area (Å²) >= 11 is 1.37. The molecule has 1 aliphatic rings. The fraction of sp³-hybridized carbons (Fsp3) is 0.250. The van der Waals surface area contributed by atoms with Gasteiger partial charge in [-0.25, -0.2) is 4.98 Å². The van der Waals surface area contributed by atoms with Crippen molar-refractivity contribution in [3.63, 3.8) is 0 Å². The number of hydrogen-bond donors (Lipinski definition) is 1. The third kappa shape index (κ3) is 4.67. The summed E-state index contributed by atoms with van der Waals surface area (Å²) < 4.78 is 38.5. The highest BCUT2D eigenvalue weighted by molar-refractivity contribution is 8.93. The summed E-state index contributed by atoms with van der Waals surface area (Å²) in [7, 11) is 0. The number of nitrogens with zero attached hydrogens (tertiary/aromatic N) is 2. The zero-order chi connectivity index (χ0) is 18.9. The van der Waals surface area contributed by atoms with Crippen LogP contribution in [0.25, 0.3) is 11.3 Å². The Balaban J connectivity index is 0.00000225. The highest BCUT2D eigenvalue weighted by Gasteiger charge is 2.30. The van der Waals surface area contributed by atoms with Crippen LogP contribution in [-0.2, 0) is 6.18 Å². The van der Waals surface area contributed by atoms with Gasteiger partial charge in [0.15, 0.2) is 5.13 Å². The number of hydrogen-bond acceptors (Lipinski definition) is 4. The van der Waals surface area contributed by atoms with Crippen LogP contribution in [0.1, 0.15) is 18.4 Å². The standard InChI is InChI=1S/C20H18F3N3S.BrH/c21-20(22,23)15-4-3-5-16(12-15)24-19-25-18(13-27-19)14-6-8-17(9-7-14)26-10-1-2-11-26;/h3-9,12-13H,1-2,10-11H2,(H,24,25);1H. The number of alkyl halides is 3. The van der Waals surface area contributed by atoms with Gasteiger partial charge < -0.3 is 10.2 Å². The van der Waals surface area contributed by atoms with E-state index in [1.54, 1.807) is 6.07 Å². The Bertz CT molecular complexity index is 919.